The van der Waals surface area contributed by atoms with E-state index in [1.54, 1.807) is 0 Å². The lowest BCUT2D eigenvalue weighted by Gasteiger charge is -2.09. The largest absolute Gasteiger partial charge is 0.383 e. The molecular weight excluding hydrogens is 356 g/mol. The fourth-order valence-electron chi connectivity index (χ4n) is 1.90. The molecule has 2 rings (SSSR count). The van der Waals surface area contributed by atoms with Crippen molar-refractivity contribution in [2.24, 2.45) is 0 Å². The second-order valence-electron chi connectivity index (χ2n) is 4.85. The zero-order valence-electron chi connectivity index (χ0n) is 12.4. The Morgan fingerprint density at radius 2 is 0.917 bits per heavy atom. The molecule has 2 aromatic carbocycles. The van der Waals surface area contributed by atoms with Crippen LogP contribution in [0.25, 0.3) is 0 Å². The van der Waals surface area contributed by atoms with Crippen LogP contribution in [-0.2, 0) is 20.2 Å². The standard InChI is InChI=1S/C14H16N2O6S2/c17-23(18,19)13-5-1-11(2-6-13)15-9-10-16-12-3-7-14(8-4-12)24(20,21)22/h1-8,15-16H,9-10H2,(H,17,18,19)(H,20,21,22). The number of hydrogen-bond acceptors (Lipinski definition) is 6. The van der Waals surface area contributed by atoms with Gasteiger partial charge in [-0.25, -0.2) is 0 Å². The summed E-state index contributed by atoms with van der Waals surface area (Å²) in [5.74, 6) is 0. The van der Waals surface area contributed by atoms with E-state index in [1.165, 1.54) is 48.5 Å². The Hall–Kier alpha value is -2.14. The van der Waals surface area contributed by atoms with E-state index in [1.807, 2.05) is 0 Å². The Bertz CT molecular complexity index is 814. The minimum atomic E-state index is -4.20. The molecule has 0 aliphatic rings. The summed E-state index contributed by atoms with van der Waals surface area (Å²) in [6.45, 7) is 1.04. The van der Waals surface area contributed by atoms with Crippen LogP contribution in [0.4, 0.5) is 11.4 Å². The molecule has 0 aliphatic heterocycles. The third-order valence-corrected chi connectivity index (χ3v) is 4.82. The van der Waals surface area contributed by atoms with Crippen molar-refractivity contribution in [1.82, 2.24) is 0 Å². The van der Waals surface area contributed by atoms with Gasteiger partial charge in [-0.2, -0.15) is 16.8 Å². The highest BCUT2D eigenvalue weighted by Gasteiger charge is 2.09. The van der Waals surface area contributed by atoms with E-state index in [4.69, 9.17) is 9.11 Å². The Kier molecular flexibility index (Phi) is 5.44. The fourth-order valence-corrected chi connectivity index (χ4v) is 2.86. The number of nitrogens with one attached hydrogen (secondary N) is 2. The molecule has 0 fully saturated rings. The van der Waals surface area contributed by atoms with Crippen molar-refractivity contribution in [2.75, 3.05) is 23.7 Å². The van der Waals surface area contributed by atoms with Gasteiger partial charge < -0.3 is 10.6 Å². The van der Waals surface area contributed by atoms with E-state index in [0.29, 0.717) is 24.5 Å². The summed E-state index contributed by atoms with van der Waals surface area (Å²) < 4.78 is 61.4. The first-order chi connectivity index (χ1) is 11.2. The van der Waals surface area contributed by atoms with Gasteiger partial charge in [-0.3, -0.25) is 9.11 Å². The molecule has 8 nitrogen and oxygen atoms in total. The van der Waals surface area contributed by atoms with Crippen LogP contribution >= 0.6 is 0 Å². The van der Waals surface area contributed by atoms with Crippen LogP contribution in [0.3, 0.4) is 0 Å². The first-order valence-corrected chi connectivity index (χ1v) is 9.67. The maximum Gasteiger partial charge on any atom is 0.294 e. The first-order valence-electron chi connectivity index (χ1n) is 6.79. The predicted molar refractivity (Wildman–Crippen MR) is 89.5 cm³/mol. The normalized spacial score (nSPS) is 11.9. The SMILES string of the molecule is O=S(=O)(O)c1ccc(NCCNc2ccc(S(=O)(=O)O)cc2)cc1. The third-order valence-electron chi connectivity index (χ3n) is 3.09. The van der Waals surface area contributed by atoms with Crippen LogP contribution in [0.5, 0.6) is 0 Å². The number of hydrogen-bond donors (Lipinski definition) is 4. The van der Waals surface area contributed by atoms with Crippen molar-refractivity contribution in [3.63, 3.8) is 0 Å². The van der Waals surface area contributed by atoms with E-state index in [-0.39, 0.29) is 9.79 Å². The Labute approximate surface area is 140 Å². The second kappa shape index (κ2) is 7.18. The molecule has 0 saturated heterocycles. The van der Waals surface area contributed by atoms with Crippen molar-refractivity contribution >= 4 is 31.6 Å². The quantitative estimate of drug-likeness (QED) is 0.426. The molecule has 0 bridgehead atoms. The molecule has 0 aliphatic carbocycles. The van der Waals surface area contributed by atoms with Crippen LogP contribution < -0.4 is 10.6 Å². The van der Waals surface area contributed by atoms with Gasteiger partial charge in [0.25, 0.3) is 20.2 Å². The van der Waals surface area contributed by atoms with E-state index in [2.05, 4.69) is 10.6 Å². The Morgan fingerprint density at radius 3 is 1.17 bits per heavy atom. The second-order valence-corrected chi connectivity index (χ2v) is 7.70. The maximum absolute atomic E-state index is 10.9. The van der Waals surface area contributed by atoms with Crippen molar-refractivity contribution in [3.05, 3.63) is 48.5 Å². The molecule has 0 unspecified atom stereocenters. The summed E-state index contributed by atoms with van der Waals surface area (Å²) in [6, 6.07) is 11.3. The minimum absolute atomic E-state index is 0.176. The highest BCUT2D eigenvalue weighted by Crippen LogP contribution is 2.14. The van der Waals surface area contributed by atoms with Gasteiger partial charge >= 0.3 is 0 Å². The van der Waals surface area contributed by atoms with Crippen LogP contribution in [-0.4, -0.2) is 39.0 Å². The zero-order valence-corrected chi connectivity index (χ0v) is 14.0. The molecule has 4 N–H and O–H groups in total. The van der Waals surface area contributed by atoms with E-state index in [0.717, 1.165) is 0 Å². The van der Waals surface area contributed by atoms with Gasteiger partial charge in [0, 0.05) is 24.5 Å². The molecule has 0 radical (unpaired) electrons. The molecule has 0 saturated carbocycles. The summed E-state index contributed by atoms with van der Waals surface area (Å²) in [7, 11) is -8.39. The summed E-state index contributed by atoms with van der Waals surface area (Å²) in [6.07, 6.45) is 0. The maximum atomic E-state index is 10.9. The van der Waals surface area contributed by atoms with Crippen LogP contribution in [0.15, 0.2) is 58.3 Å². The smallest absolute Gasteiger partial charge is 0.294 e. The van der Waals surface area contributed by atoms with Gasteiger partial charge in [-0.15, -0.1) is 0 Å². The molecule has 0 spiro atoms. The fraction of sp³-hybridized carbons (Fsp3) is 0.143. The zero-order chi connectivity index (χ0) is 17.8. The van der Waals surface area contributed by atoms with Gasteiger partial charge in [0.05, 0.1) is 9.79 Å². The van der Waals surface area contributed by atoms with Gasteiger partial charge in [-0.05, 0) is 48.5 Å². The molecule has 0 aromatic heterocycles. The topological polar surface area (TPSA) is 133 Å². The molecule has 0 heterocycles. The average Bonchev–Trinajstić information content (AvgIpc) is 2.51. The average molecular weight is 372 g/mol. The van der Waals surface area contributed by atoms with Crippen molar-refractivity contribution in [3.8, 4) is 0 Å². The molecular formula is C14H16N2O6S2. The lowest BCUT2D eigenvalue weighted by Crippen LogP contribution is -2.13. The molecule has 2 aromatic rings. The van der Waals surface area contributed by atoms with Gasteiger partial charge in [0.2, 0.25) is 0 Å². The van der Waals surface area contributed by atoms with Crippen LogP contribution in [0.2, 0.25) is 0 Å². The summed E-state index contributed by atoms with van der Waals surface area (Å²) in [4.78, 5) is -0.352. The molecule has 0 amide bonds. The monoisotopic (exact) mass is 372 g/mol. The van der Waals surface area contributed by atoms with Gasteiger partial charge in [0.1, 0.15) is 0 Å². The summed E-state index contributed by atoms with van der Waals surface area (Å²) >= 11 is 0. The van der Waals surface area contributed by atoms with E-state index >= 15 is 0 Å². The van der Waals surface area contributed by atoms with E-state index < -0.39 is 20.2 Å². The molecule has 130 valence electrons. The highest BCUT2D eigenvalue weighted by molar-refractivity contribution is 7.86. The number of benzene rings is 2. The number of rotatable bonds is 7. The van der Waals surface area contributed by atoms with Gasteiger partial charge in [0.15, 0.2) is 0 Å². The molecule has 24 heavy (non-hydrogen) atoms. The van der Waals surface area contributed by atoms with E-state index in [9.17, 15) is 16.8 Å². The van der Waals surface area contributed by atoms with Crippen molar-refractivity contribution in [1.29, 1.82) is 0 Å². The van der Waals surface area contributed by atoms with Crippen molar-refractivity contribution < 1.29 is 25.9 Å². The van der Waals surface area contributed by atoms with Crippen LogP contribution in [0, 0.1) is 0 Å². The summed E-state index contributed by atoms with van der Waals surface area (Å²) in [5, 5.41) is 6.11. The summed E-state index contributed by atoms with van der Waals surface area (Å²) in [5.41, 5.74) is 1.37. The number of anilines is 2. The Morgan fingerprint density at radius 1 is 0.625 bits per heavy atom. The van der Waals surface area contributed by atoms with Crippen LogP contribution in [0.1, 0.15) is 0 Å². The minimum Gasteiger partial charge on any atom is -0.383 e. The highest BCUT2D eigenvalue weighted by atomic mass is 32.2. The van der Waals surface area contributed by atoms with Crippen molar-refractivity contribution in [2.45, 2.75) is 9.79 Å². The third kappa shape index (κ3) is 5.20. The molecule has 0 atom stereocenters. The lowest BCUT2D eigenvalue weighted by atomic mass is 10.3. The lowest BCUT2D eigenvalue weighted by molar-refractivity contribution is 0.481. The van der Waals surface area contributed by atoms with Gasteiger partial charge in [-0.1, -0.05) is 0 Å². The molecule has 10 heteroatoms. The predicted octanol–water partition coefficient (Wildman–Crippen LogP) is 1.70. The first kappa shape index (κ1) is 18.2. The Balaban J connectivity index is 1.83.